The van der Waals surface area contributed by atoms with E-state index in [0.717, 1.165) is 0 Å². The minimum Gasteiger partial charge on any atom is -0.245 e. The molecule has 0 saturated carbocycles. The zero-order valence-electron chi connectivity index (χ0n) is 18.3. The first-order chi connectivity index (χ1) is 12.2. The van der Waals surface area contributed by atoms with Crippen LogP contribution in [0.3, 0.4) is 0 Å². The van der Waals surface area contributed by atoms with Gasteiger partial charge in [-0.2, -0.15) is 0 Å². The molecule has 0 amide bonds. The van der Waals surface area contributed by atoms with Crippen LogP contribution >= 0.6 is 0 Å². The summed E-state index contributed by atoms with van der Waals surface area (Å²) in [4.78, 5) is 0. The molecule has 2 nitrogen and oxygen atoms in total. The molecule has 25 heavy (non-hydrogen) atoms. The van der Waals surface area contributed by atoms with Crippen LogP contribution < -0.4 is 0 Å². The molecule has 0 bridgehead atoms. The Bertz CT molecular complexity index is 242. The quantitative estimate of drug-likeness (QED) is 0.165. The van der Waals surface area contributed by atoms with E-state index in [9.17, 15) is 0 Å². The zero-order valence-corrected chi connectivity index (χ0v) is 18.3. The highest BCUT2D eigenvalue weighted by molar-refractivity contribution is 4.52. The third kappa shape index (κ3) is 18.5. The molecule has 0 rings (SSSR count). The van der Waals surface area contributed by atoms with E-state index in [-0.39, 0.29) is 0 Å². The van der Waals surface area contributed by atoms with Gasteiger partial charge in [-0.1, -0.05) is 110 Å². The first-order valence-corrected chi connectivity index (χ1v) is 11.6. The summed E-state index contributed by atoms with van der Waals surface area (Å²) >= 11 is 0. The maximum absolute atomic E-state index is 2.38. The Labute approximate surface area is 160 Å². The van der Waals surface area contributed by atoms with Crippen molar-refractivity contribution in [2.45, 2.75) is 123 Å². The van der Waals surface area contributed by atoms with E-state index in [4.69, 9.17) is 0 Å². The molecule has 0 unspecified atom stereocenters. The molecule has 0 aromatic carbocycles. The van der Waals surface area contributed by atoms with E-state index in [0.29, 0.717) is 0 Å². The molecular weight excluding hydrogens is 304 g/mol. The molecule has 152 valence electrons. The highest BCUT2D eigenvalue weighted by Crippen LogP contribution is 2.13. The molecule has 2 heteroatoms. The smallest absolute Gasteiger partial charge is 0.0130 e. The summed E-state index contributed by atoms with van der Waals surface area (Å²) in [6, 6.07) is 0. The molecule has 0 aromatic rings. The van der Waals surface area contributed by atoms with E-state index in [1.807, 2.05) is 0 Å². The molecule has 0 heterocycles. The Morgan fingerprint density at radius 1 is 0.360 bits per heavy atom. The van der Waals surface area contributed by atoms with Crippen LogP contribution in [0.5, 0.6) is 0 Å². The molecule has 0 aliphatic heterocycles. The van der Waals surface area contributed by atoms with E-state index < -0.39 is 0 Å². The summed E-state index contributed by atoms with van der Waals surface area (Å²) in [5.74, 6) is 0. The molecule has 0 fully saturated rings. The number of hydrogen-bond acceptors (Lipinski definition) is 2. The molecule has 0 atom stereocenters. The molecule has 0 N–H and O–H groups in total. The molecule has 0 radical (unpaired) electrons. The zero-order chi connectivity index (χ0) is 18.6. The van der Waals surface area contributed by atoms with Gasteiger partial charge in [-0.3, -0.25) is 0 Å². The molecule has 0 aliphatic rings. The van der Waals surface area contributed by atoms with Gasteiger partial charge in [0.15, 0.2) is 0 Å². The predicted molar refractivity (Wildman–Crippen MR) is 115 cm³/mol. The number of hydrazine groups is 1. The fourth-order valence-electron chi connectivity index (χ4n) is 3.55. The van der Waals surface area contributed by atoms with Crippen LogP contribution in [0.2, 0.25) is 0 Å². The third-order valence-corrected chi connectivity index (χ3v) is 5.47. The van der Waals surface area contributed by atoms with Crippen LogP contribution in [0.15, 0.2) is 0 Å². The first kappa shape index (κ1) is 24.9. The van der Waals surface area contributed by atoms with E-state index >= 15 is 0 Å². The lowest BCUT2D eigenvalue weighted by atomic mass is 10.0. The number of unbranched alkanes of at least 4 members (excludes halogenated alkanes) is 15. The predicted octanol–water partition coefficient (Wildman–Crippen LogP) is 7.44. The first-order valence-electron chi connectivity index (χ1n) is 11.6. The summed E-state index contributed by atoms with van der Waals surface area (Å²) in [5, 5.41) is 4.73. The van der Waals surface area contributed by atoms with Gasteiger partial charge in [0.05, 0.1) is 0 Å². The summed E-state index contributed by atoms with van der Waals surface area (Å²) in [6.07, 6.45) is 24.4. The van der Waals surface area contributed by atoms with Crippen molar-refractivity contribution in [3.05, 3.63) is 0 Å². The van der Waals surface area contributed by atoms with E-state index in [1.165, 1.54) is 122 Å². The Morgan fingerprint density at radius 2 is 0.680 bits per heavy atom. The summed E-state index contributed by atoms with van der Waals surface area (Å²) in [7, 11) is 4.43. The van der Waals surface area contributed by atoms with Gasteiger partial charge < -0.3 is 0 Å². The standard InChI is InChI=1S/C23H50N2/c1-5-7-8-9-10-11-12-13-14-15-16-17-18-19-20-21-23-25(4)24(3)22-6-2/h5-23H2,1-4H3. The van der Waals surface area contributed by atoms with Gasteiger partial charge in [0, 0.05) is 27.2 Å². The highest BCUT2D eigenvalue weighted by atomic mass is 15.6. The maximum Gasteiger partial charge on any atom is 0.0130 e. The van der Waals surface area contributed by atoms with Gasteiger partial charge in [0.25, 0.3) is 0 Å². The minimum absolute atomic E-state index is 1.18. The van der Waals surface area contributed by atoms with Crippen molar-refractivity contribution in [2.24, 2.45) is 0 Å². The van der Waals surface area contributed by atoms with Crippen LogP contribution in [-0.2, 0) is 0 Å². The topological polar surface area (TPSA) is 6.48 Å². The van der Waals surface area contributed by atoms with Crippen molar-refractivity contribution < 1.29 is 0 Å². The third-order valence-electron chi connectivity index (χ3n) is 5.47. The lowest BCUT2D eigenvalue weighted by molar-refractivity contribution is 0.0258. The highest BCUT2D eigenvalue weighted by Gasteiger charge is 2.03. The van der Waals surface area contributed by atoms with Gasteiger partial charge in [0.1, 0.15) is 0 Å². The fraction of sp³-hybridized carbons (Fsp3) is 1.00. The largest absolute Gasteiger partial charge is 0.245 e. The van der Waals surface area contributed by atoms with Crippen molar-refractivity contribution in [3.63, 3.8) is 0 Å². The normalized spacial score (nSPS) is 11.8. The Balaban J connectivity index is 3.12. The van der Waals surface area contributed by atoms with Gasteiger partial charge in [-0.05, 0) is 12.8 Å². The van der Waals surface area contributed by atoms with Crippen molar-refractivity contribution in [2.75, 3.05) is 27.2 Å². The lowest BCUT2D eigenvalue weighted by Crippen LogP contribution is -2.37. The number of rotatable bonds is 20. The molecule has 0 spiro atoms. The summed E-state index contributed by atoms with van der Waals surface area (Å²) < 4.78 is 0. The molecule has 0 saturated heterocycles. The van der Waals surface area contributed by atoms with Crippen molar-refractivity contribution >= 4 is 0 Å². The molecule has 0 aliphatic carbocycles. The SMILES string of the molecule is CCCCCCCCCCCCCCCCCCN(C)N(C)CCC. The maximum atomic E-state index is 2.38. The Kier molecular flexibility index (Phi) is 20.2. The van der Waals surface area contributed by atoms with Crippen molar-refractivity contribution in [1.29, 1.82) is 0 Å². The summed E-state index contributed by atoms with van der Waals surface area (Å²) in [5.41, 5.74) is 0. The monoisotopic (exact) mass is 354 g/mol. The van der Waals surface area contributed by atoms with Gasteiger partial charge >= 0.3 is 0 Å². The van der Waals surface area contributed by atoms with Crippen LogP contribution in [0.4, 0.5) is 0 Å². The van der Waals surface area contributed by atoms with Crippen LogP contribution in [0, 0.1) is 0 Å². The number of hydrogen-bond donors (Lipinski definition) is 0. The minimum atomic E-state index is 1.18. The average molecular weight is 355 g/mol. The van der Waals surface area contributed by atoms with Crippen molar-refractivity contribution in [3.8, 4) is 0 Å². The Hall–Kier alpha value is -0.0800. The Morgan fingerprint density at radius 3 is 1.04 bits per heavy atom. The van der Waals surface area contributed by atoms with Crippen molar-refractivity contribution in [1.82, 2.24) is 10.0 Å². The second-order valence-corrected chi connectivity index (χ2v) is 8.07. The second kappa shape index (κ2) is 20.2. The summed E-state index contributed by atoms with van der Waals surface area (Å²) in [6.45, 7) is 6.94. The van der Waals surface area contributed by atoms with E-state index in [2.05, 4.69) is 38.0 Å². The second-order valence-electron chi connectivity index (χ2n) is 8.07. The van der Waals surface area contributed by atoms with Gasteiger partial charge in [-0.25, -0.2) is 10.0 Å². The van der Waals surface area contributed by atoms with Gasteiger partial charge in [-0.15, -0.1) is 0 Å². The van der Waals surface area contributed by atoms with Crippen LogP contribution in [-0.4, -0.2) is 37.2 Å². The van der Waals surface area contributed by atoms with E-state index in [1.54, 1.807) is 0 Å². The number of nitrogens with zero attached hydrogens (tertiary/aromatic N) is 2. The fourth-order valence-corrected chi connectivity index (χ4v) is 3.55. The van der Waals surface area contributed by atoms with Gasteiger partial charge in [0.2, 0.25) is 0 Å². The molecule has 0 aromatic heterocycles. The molecular formula is C23H50N2. The van der Waals surface area contributed by atoms with Crippen LogP contribution in [0.1, 0.15) is 123 Å². The average Bonchev–Trinajstić information content (AvgIpc) is 2.61. The van der Waals surface area contributed by atoms with Crippen LogP contribution in [0.25, 0.3) is 0 Å². The lowest BCUT2D eigenvalue weighted by Gasteiger charge is -2.27.